The summed E-state index contributed by atoms with van der Waals surface area (Å²) >= 11 is 9.42. The Balaban J connectivity index is 1.69. The fourth-order valence-electron chi connectivity index (χ4n) is 1.84. The van der Waals surface area contributed by atoms with Crippen molar-refractivity contribution < 1.29 is 0 Å². The molecule has 0 N–H and O–H groups in total. The minimum Gasteiger partial charge on any atom is -0.230 e. The zero-order valence-electron chi connectivity index (χ0n) is 10.6. The molecule has 0 spiro atoms. The third-order valence-corrected chi connectivity index (χ3v) is 5.13. The summed E-state index contributed by atoms with van der Waals surface area (Å²) in [5.41, 5.74) is 3.43. The van der Waals surface area contributed by atoms with E-state index in [0.717, 1.165) is 20.8 Å². The molecule has 0 saturated carbocycles. The van der Waals surface area contributed by atoms with Crippen molar-refractivity contribution in [1.29, 1.82) is 0 Å². The van der Waals surface area contributed by atoms with Crippen LogP contribution in [0.25, 0.3) is 11.3 Å². The molecule has 0 aliphatic heterocycles. The van der Waals surface area contributed by atoms with Gasteiger partial charge in [-0.15, -0.1) is 11.3 Å². The third kappa shape index (κ3) is 3.42. The van der Waals surface area contributed by atoms with Gasteiger partial charge in [-0.3, -0.25) is 0 Å². The topological polar surface area (TPSA) is 12.9 Å². The molecule has 0 radical (unpaired) electrons. The van der Waals surface area contributed by atoms with Crippen LogP contribution in [0.4, 0.5) is 0 Å². The van der Waals surface area contributed by atoms with Gasteiger partial charge in [-0.25, -0.2) is 4.98 Å². The lowest BCUT2D eigenvalue weighted by Gasteiger charge is -1.99. The Kier molecular flexibility index (Phi) is 4.41. The van der Waals surface area contributed by atoms with Crippen LogP contribution in [0.15, 0.2) is 64.3 Å². The summed E-state index contributed by atoms with van der Waals surface area (Å²) in [5.74, 6) is 0.891. The summed E-state index contributed by atoms with van der Waals surface area (Å²) in [4.78, 5) is 4.67. The van der Waals surface area contributed by atoms with Gasteiger partial charge in [0.1, 0.15) is 0 Å². The first-order valence-corrected chi connectivity index (χ1v) is 8.44. The van der Waals surface area contributed by atoms with E-state index in [-0.39, 0.29) is 0 Å². The van der Waals surface area contributed by atoms with E-state index in [1.165, 1.54) is 11.1 Å². The third-order valence-electron chi connectivity index (χ3n) is 2.80. The molecule has 0 atom stereocenters. The number of hydrogen-bond acceptors (Lipinski definition) is 3. The number of thioether (sulfide) groups is 1. The van der Waals surface area contributed by atoms with Crippen molar-refractivity contribution in [2.24, 2.45) is 0 Å². The van der Waals surface area contributed by atoms with Crippen molar-refractivity contribution in [3.8, 4) is 11.3 Å². The highest BCUT2D eigenvalue weighted by Crippen LogP contribution is 2.30. The zero-order valence-corrected chi connectivity index (χ0v) is 13.0. The van der Waals surface area contributed by atoms with Gasteiger partial charge < -0.3 is 0 Å². The predicted octanol–water partition coefficient (Wildman–Crippen LogP) is 5.76. The van der Waals surface area contributed by atoms with Crippen LogP contribution in [0.3, 0.4) is 0 Å². The molecular weight excluding hydrogens is 306 g/mol. The monoisotopic (exact) mass is 317 g/mol. The Bertz CT molecular complexity index is 694. The van der Waals surface area contributed by atoms with Gasteiger partial charge >= 0.3 is 0 Å². The highest BCUT2D eigenvalue weighted by atomic mass is 35.5. The van der Waals surface area contributed by atoms with Crippen molar-refractivity contribution in [1.82, 2.24) is 4.98 Å². The predicted molar refractivity (Wildman–Crippen MR) is 88.6 cm³/mol. The van der Waals surface area contributed by atoms with Crippen LogP contribution in [-0.4, -0.2) is 4.98 Å². The maximum Gasteiger partial charge on any atom is 0.150 e. The van der Waals surface area contributed by atoms with E-state index in [9.17, 15) is 0 Å². The van der Waals surface area contributed by atoms with Gasteiger partial charge in [-0.2, -0.15) is 0 Å². The Labute approximate surface area is 131 Å². The molecule has 1 nitrogen and oxygen atoms in total. The fourth-order valence-corrected chi connectivity index (χ4v) is 3.83. The van der Waals surface area contributed by atoms with Crippen LogP contribution in [0.1, 0.15) is 5.56 Å². The SMILES string of the molecule is Clc1cccc(CSc2nc(-c3ccccc3)cs2)c1. The van der Waals surface area contributed by atoms with Crippen molar-refractivity contribution in [3.63, 3.8) is 0 Å². The van der Waals surface area contributed by atoms with E-state index in [1.54, 1.807) is 23.1 Å². The summed E-state index contributed by atoms with van der Waals surface area (Å²) < 4.78 is 1.09. The van der Waals surface area contributed by atoms with Gasteiger partial charge in [0.2, 0.25) is 0 Å². The fraction of sp³-hybridized carbons (Fsp3) is 0.0625. The molecule has 0 amide bonds. The second-order valence-corrected chi connectivity index (χ2v) is 6.80. The molecule has 100 valence electrons. The van der Waals surface area contributed by atoms with Gasteiger partial charge in [0.15, 0.2) is 4.34 Å². The molecule has 20 heavy (non-hydrogen) atoms. The molecule has 1 aromatic heterocycles. The number of benzene rings is 2. The number of nitrogens with zero attached hydrogens (tertiary/aromatic N) is 1. The smallest absolute Gasteiger partial charge is 0.150 e. The average molecular weight is 318 g/mol. The first kappa shape index (κ1) is 13.7. The molecule has 0 unspecified atom stereocenters. The van der Waals surface area contributed by atoms with E-state index in [0.29, 0.717) is 0 Å². The Morgan fingerprint density at radius 2 is 1.90 bits per heavy atom. The van der Waals surface area contributed by atoms with Crippen LogP contribution in [0.5, 0.6) is 0 Å². The molecule has 0 aliphatic rings. The van der Waals surface area contributed by atoms with Crippen molar-refractivity contribution >= 4 is 34.7 Å². The van der Waals surface area contributed by atoms with E-state index in [2.05, 4.69) is 28.6 Å². The standard InChI is InChI=1S/C16H12ClNS2/c17-14-8-4-5-12(9-14)10-19-16-18-15(11-20-16)13-6-2-1-3-7-13/h1-9,11H,10H2. The minimum atomic E-state index is 0.784. The summed E-state index contributed by atoms with van der Waals surface area (Å²) in [6.07, 6.45) is 0. The number of hydrogen-bond donors (Lipinski definition) is 0. The van der Waals surface area contributed by atoms with E-state index < -0.39 is 0 Å². The van der Waals surface area contributed by atoms with Crippen molar-refractivity contribution in [2.45, 2.75) is 10.1 Å². The van der Waals surface area contributed by atoms with Crippen LogP contribution in [-0.2, 0) is 5.75 Å². The number of halogens is 1. The maximum absolute atomic E-state index is 5.99. The lowest BCUT2D eigenvalue weighted by Crippen LogP contribution is -1.80. The average Bonchev–Trinajstić information content (AvgIpc) is 2.95. The minimum absolute atomic E-state index is 0.784. The molecule has 0 bridgehead atoms. The van der Waals surface area contributed by atoms with Crippen molar-refractivity contribution in [2.75, 3.05) is 0 Å². The summed E-state index contributed by atoms with van der Waals surface area (Å²) in [7, 11) is 0. The normalized spacial score (nSPS) is 10.7. The highest BCUT2D eigenvalue weighted by Gasteiger charge is 2.05. The van der Waals surface area contributed by atoms with Crippen LogP contribution >= 0.6 is 34.7 Å². The zero-order chi connectivity index (χ0) is 13.8. The second kappa shape index (κ2) is 6.44. The molecular formula is C16H12ClNS2. The largest absolute Gasteiger partial charge is 0.230 e. The number of rotatable bonds is 4. The van der Waals surface area contributed by atoms with E-state index in [4.69, 9.17) is 11.6 Å². The van der Waals surface area contributed by atoms with E-state index in [1.807, 2.05) is 36.4 Å². The molecule has 2 aromatic carbocycles. The lowest BCUT2D eigenvalue weighted by molar-refractivity contribution is 1.24. The molecule has 0 fully saturated rings. The van der Waals surface area contributed by atoms with Gasteiger partial charge in [-0.1, -0.05) is 65.8 Å². The Morgan fingerprint density at radius 1 is 1.05 bits per heavy atom. The molecule has 3 aromatic rings. The van der Waals surface area contributed by atoms with Gasteiger partial charge in [-0.05, 0) is 17.7 Å². The Hall–Kier alpha value is -1.29. The molecule has 0 saturated heterocycles. The van der Waals surface area contributed by atoms with Crippen molar-refractivity contribution in [3.05, 3.63) is 70.6 Å². The first-order chi connectivity index (χ1) is 9.81. The van der Waals surface area contributed by atoms with Crippen LogP contribution in [0.2, 0.25) is 5.02 Å². The van der Waals surface area contributed by atoms with Gasteiger partial charge in [0.25, 0.3) is 0 Å². The quantitative estimate of drug-likeness (QED) is 0.568. The molecule has 3 rings (SSSR count). The second-order valence-electron chi connectivity index (χ2n) is 4.28. The highest BCUT2D eigenvalue weighted by molar-refractivity contribution is 8.00. The summed E-state index contributed by atoms with van der Waals surface area (Å²) in [6, 6.07) is 18.2. The van der Waals surface area contributed by atoms with Crippen LogP contribution in [0, 0.1) is 0 Å². The maximum atomic E-state index is 5.99. The van der Waals surface area contributed by atoms with Gasteiger partial charge in [0.05, 0.1) is 5.69 Å². The summed E-state index contributed by atoms with van der Waals surface area (Å²) in [6.45, 7) is 0. The molecule has 1 heterocycles. The lowest BCUT2D eigenvalue weighted by atomic mass is 10.2. The van der Waals surface area contributed by atoms with Crippen LogP contribution < -0.4 is 0 Å². The van der Waals surface area contributed by atoms with E-state index >= 15 is 0 Å². The Morgan fingerprint density at radius 3 is 2.70 bits per heavy atom. The number of thiazole rings is 1. The summed E-state index contributed by atoms with van der Waals surface area (Å²) in [5, 5.41) is 2.89. The number of aromatic nitrogens is 1. The first-order valence-electron chi connectivity index (χ1n) is 6.19. The molecule has 4 heteroatoms. The molecule has 0 aliphatic carbocycles. The van der Waals surface area contributed by atoms with Gasteiger partial charge in [0, 0.05) is 21.7 Å².